The van der Waals surface area contributed by atoms with Crippen LogP contribution in [0.2, 0.25) is 0 Å². The van der Waals surface area contributed by atoms with E-state index in [1.807, 2.05) is 13.8 Å². The van der Waals surface area contributed by atoms with E-state index in [4.69, 9.17) is 0 Å². The van der Waals surface area contributed by atoms with Crippen molar-refractivity contribution in [2.75, 3.05) is 22.9 Å². The van der Waals surface area contributed by atoms with Crippen molar-refractivity contribution in [1.29, 1.82) is 0 Å². The highest BCUT2D eigenvalue weighted by atomic mass is 32.2. The molecule has 1 aromatic heterocycles. The largest absolute Gasteiger partial charge is 0.398 e. The maximum atomic E-state index is 12.4. The Morgan fingerprint density at radius 1 is 1.28 bits per heavy atom. The van der Waals surface area contributed by atoms with Gasteiger partial charge in [-0.15, -0.1) is 11.8 Å². The summed E-state index contributed by atoms with van der Waals surface area (Å²) < 4.78 is 38.8. The van der Waals surface area contributed by atoms with Gasteiger partial charge in [-0.05, 0) is 26.0 Å². The minimum absolute atomic E-state index is 0.0626. The van der Waals surface area contributed by atoms with Gasteiger partial charge in [-0.3, -0.25) is 4.79 Å². The number of hydrogen-bond acceptors (Lipinski definition) is 4. The van der Waals surface area contributed by atoms with E-state index in [1.165, 1.54) is 0 Å². The van der Waals surface area contributed by atoms with Crippen LogP contribution in [0.25, 0.3) is 0 Å². The van der Waals surface area contributed by atoms with Gasteiger partial charge < -0.3 is 10.6 Å². The summed E-state index contributed by atoms with van der Waals surface area (Å²) in [5.41, 5.74) is 0.490. The zero-order chi connectivity index (χ0) is 18.4. The number of carbonyl (C=O) groups is 1. The molecule has 0 saturated carbocycles. The molecule has 0 spiro atoms. The number of nitrogens with zero attached hydrogens (tertiary/aromatic N) is 2. The molecular formula is C16H19F3N4OS. The minimum atomic E-state index is -4.25. The molecule has 1 heterocycles. The molecule has 0 aliphatic carbocycles. The molecule has 5 nitrogen and oxygen atoms in total. The Kier molecular flexibility index (Phi) is 6.35. The number of alkyl halides is 3. The van der Waals surface area contributed by atoms with E-state index in [1.54, 1.807) is 41.2 Å². The molecule has 25 heavy (non-hydrogen) atoms. The Morgan fingerprint density at radius 3 is 2.68 bits per heavy atom. The van der Waals surface area contributed by atoms with Crippen molar-refractivity contribution in [1.82, 2.24) is 9.78 Å². The molecule has 2 aromatic rings. The lowest BCUT2D eigenvalue weighted by molar-refractivity contribution is -0.114. The van der Waals surface area contributed by atoms with Crippen LogP contribution in [0.5, 0.6) is 0 Å². The first-order valence-electron chi connectivity index (χ1n) is 7.62. The van der Waals surface area contributed by atoms with Crippen molar-refractivity contribution < 1.29 is 18.0 Å². The van der Waals surface area contributed by atoms with Gasteiger partial charge >= 0.3 is 6.18 Å². The quantitative estimate of drug-likeness (QED) is 0.716. The van der Waals surface area contributed by atoms with Crippen LogP contribution in [0.4, 0.5) is 24.7 Å². The van der Waals surface area contributed by atoms with E-state index in [2.05, 4.69) is 15.7 Å². The number of para-hydroxylation sites is 1. The molecule has 0 fully saturated rings. The fourth-order valence-corrected chi connectivity index (χ4v) is 2.88. The van der Waals surface area contributed by atoms with Crippen LogP contribution in [-0.4, -0.2) is 34.2 Å². The van der Waals surface area contributed by atoms with E-state index >= 15 is 0 Å². The van der Waals surface area contributed by atoms with E-state index in [-0.39, 0.29) is 18.5 Å². The number of benzene rings is 1. The van der Waals surface area contributed by atoms with E-state index in [9.17, 15) is 18.0 Å². The fraction of sp³-hybridized carbons (Fsp3) is 0.375. The Bertz CT molecular complexity index is 715. The van der Waals surface area contributed by atoms with Crippen molar-refractivity contribution in [3.63, 3.8) is 0 Å². The van der Waals surface area contributed by atoms with Gasteiger partial charge in [0.15, 0.2) is 0 Å². The van der Waals surface area contributed by atoms with Crippen molar-refractivity contribution in [2.24, 2.45) is 0 Å². The van der Waals surface area contributed by atoms with Crippen molar-refractivity contribution in [3.05, 3.63) is 36.5 Å². The van der Waals surface area contributed by atoms with Gasteiger partial charge in [0.2, 0.25) is 5.91 Å². The van der Waals surface area contributed by atoms with Crippen molar-refractivity contribution in [2.45, 2.75) is 31.0 Å². The molecule has 1 aromatic carbocycles. The summed E-state index contributed by atoms with van der Waals surface area (Å²) in [6.07, 6.45) is -2.66. The normalized spacial score (nSPS) is 11.6. The molecule has 0 unspecified atom stereocenters. The Morgan fingerprint density at radius 2 is 2.00 bits per heavy atom. The zero-order valence-electron chi connectivity index (χ0n) is 13.8. The van der Waals surface area contributed by atoms with Crippen LogP contribution in [0.15, 0.2) is 41.4 Å². The summed E-state index contributed by atoms with van der Waals surface area (Å²) in [6.45, 7) is 3.82. The van der Waals surface area contributed by atoms with Gasteiger partial charge in [0, 0.05) is 22.7 Å². The number of halogens is 3. The molecule has 0 aliphatic rings. The average molecular weight is 372 g/mol. The molecule has 136 valence electrons. The number of aromatic nitrogens is 2. The van der Waals surface area contributed by atoms with Gasteiger partial charge in [-0.25, -0.2) is 4.68 Å². The molecule has 0 radical (unpaired) electrons. The second-order valence-electron chi connectivity index (χ2n) is 5.56. The van der Waals surface area contributed by atoms with E-state index < -0.39 is 11.9 Å². The highest BCUT2D eigenvalue weighted by Crippen LogP contribution is 2.31. The Balaban J connectivity index is 1.94. The first-order chi connectivity index (χ1) is 11.8. The maximum Gasteiger partial charge on any atom is 0.398 e. The lowest BCUT2D eigenvalue weighted by Gasteiger charge is -2.14. The number of amides is 1. The molecule has 9 heteroatoms. The van der Waals surface area contributed by atoms with Gasteiger partial charge in [0.05, 0.1) is 18.5 Å². The standard InChI is InChI=1S/C16H19F3N4OS/c1-11(2)23-14(7-8-21-23)22-15(24)9-20-12-5-3-4-6-13(12)25-10-16(17,18)19/h3-8,11,20H,9-10H2,1-2H3,(H,22,24). The van der Waals surface area contributed by atoms with Crippen LogP contribution in [0.1, 0.15) is 19.9 Å². The van der Waals surface area contributed by atoms with E-state index in [0.717, 1.165) is 0 Å². The summed E-state index contributed by atoms with van der Waals surface area (Å²) in [7, 11) is 0. The monoisotopic (exact) mass is 372 g/mol. The van der Waals surface area contributed by atoms with Crippen LogP contribution in [0.3, 0.4) is 0 Å². The molecule has 0 aliphatic heterocycles. The zero-order valence-corrected chi connectivity index (χ0v) is 14.6. The van der Waals surface area contributed by atoms with Crippen LogP contribution < -0.4 is 10.6 Å². The number of rotatable bonds is 7. The highest BCUT2D eigenvalue weighted by molar-refractivity contribution is 7.99. The summed E-state index contributed by atoms with van der Waals surface area (Å²) in [5.74, 6) is -0.717. The van der Waals surface area contributed by atoms with Gasteiger partial charge in [-0.2, -0.15) is 18.3 Å². The fourth-order valence-electron chi connectivity index (χ4n) is 2.09. The second-order valence-corrected chi connectivity index (χ2v) is 6.57. The predicted octanol–water partition coefficient (Wildman–Crippen LogP) is 4.17. The minimum Gasteiger partial charge on any atom is -0.375 e. The van der Waals surface area contributed by atoms with E-state index in [0.29, 0.717) is 28.2 Å². The SMILES string of the molecule is CC(C)n1nccc1NC(=O)CNc1ccccc1SCC(F)(F)F. The summed E-state index contributed by atoms with van der Waals surface area (Å²) in [5, 5.41) is 9.73. The highest BCUT2D eigenvalue weighted by Gasteiger charge is 2.27. The van der Waals surface area contributed by atoms with Crippen molar-refractivity contribution >= 4 is 29.2 Å². The third kappa shape index (κ3) is 6.00. The molecule has 0 atom stereocenters. The third-order valence-electron chi connectivity index (χ3n) is 3.14. The molecular weight excluding hydrogens is 353 g/mol. The smallest absolute Gasteiger partial charge is 0.375 e. The lowest BCUT2D eigenvalue weighted by Crippen LogP contribution is -2.24. The lowest BCUT2D eigenvalue weighted by atomic mass is 10.3. The summed E-state index contributed by atoms with van der Waals surface area (Å²) in [4.78, 5) is 12.5. The van der Waals surface area contributed by atoms with Crippen LogP contribution in [-0.2, 0) is 4.79 Å². The maximum absolute atomic E-state index is 12.4. The Labute approximate surface area is 148 Å². The average Bonchev–Trinajstić information content (AvgIpc) is 2.99. The number of carbonyl (C=O) groups excluding carboxylic acids is 1. The van der Waals surface area contributed by atoms with Crippen LogP contribution in [0, 0.1) is 0 Å². The first-order valence-corrected chi connectivity index (χ1v) is 8.60. The summed E-state index contributed by atoms with van der Waals surface area (Å²) in [6, 6.07) is 8.37. The number of thioether (sulfide) groups is 1. The van der Waals surface area contributed by atoms with Crippen LogP contribution >= 0.6 is 11.8 Å². The first kappa shape index (κ1) is 19.2. The summed E-state index contributed by atoms with van der Waals surface area (Å²) >= 11 is 0.684. The topological polar surface area (TPSA) is 59.0 Å². The third-order valence-corrected chi connectivity index (χ3v) is 4.28. The van der Waals surface area contributed by atoms with Gasteiger partial charge in [0.1, 0.15) is 5.82 Å². The number of nitrogens with one attached hydrogen (secondary N) is 2. The molecule has 0 saturated heterocycles. The predicted molar refractivity (Wildman–Crippen MR) is 93.0 cm³/mol. The van der Waals surface area contributed by atoms with Gasteiger partial charge in [0.25, 0.3) is 0 Å². The molecule has 2 rings (SSSR count). The number of hydrogen-bond donors (Lipinski definition) is 2. The molecule has 2 N–H and O–H groups in total. The molecule has 1 amide bonds. The van der Waals surface area contributed by atoms with Crippen molar-refractivity contribution in [3.8, 4) is 0 Å². The van der Waals surface area contributed by atoms with Gasteiger partial charge in [-0.1, -0.05) is 12.1 Å². The Hall–Kier alpha value is -2.16. The second kappa shape index (κ2) is 8.28. The molecule has 0 bridgehead atoms. The number of anilines is 2.